The zero-order valence-corrected chi connectivity index (χ0v) is 20.8. The van der Waals surface area contributed by atoms with E-state index >= 15 is 0 Å². The minimum absolute atomic E-state index is 0.0862. The third kappa shape index (κ3) is 4.77. The molecule has 0 radical (unpaired) electrons. The molecule has 0 spiro atoms. The second-order valence-corrected chi connectivity index (χ2v) is 12.9. The third-order valence-corrected chi connectivity index (χ3v) is 10.1. The van der Waals surface area contributed by atoms with Crippen molar-refractivity contribution in [3.05, 3.63) is 53.0 Å². The number of anilines is 1. The fourth-order valence-electron chi connectivity index (χ4n) is 4.28. The Hall–Kier alpha value is -2.47. The minimum Gasteiger partial charge on any atom is -0.363 e. The van der Waals surface area contributed by atoms with E-state index in [9.17, 15) is 17.7 Å². The molecule has 0 aliphatic heterocycles. The first-order chi connectivity index (χ1) is 15.3. The van der Waals surface area contributed by atoms with E-state index in [0.29, 0.717) is 33.5 Å². The minimum atomic E-state index is -4.42. The molecule has 3 rings (SSSR count). The van der Waals surface area contributed by atoms with Crippen LogP contribution in [0.4, 0.5) is 19.0 Å². The van der Waals surface area contributed by atoms with E-state index in [-0.39, 0.29) is 16.9 Å². The average Bonchev–Trinajstić information content (AvgIpc) is 2.71. The van der Waals surface area contributed by atoms with Gasteiger partial charge in [0.25, 0.3) is 0 Å². The number of fused-ring (bicyclic) bond motifs is 1. The van der Waals surface area contributed by atoms with Crippen LogP contribution in [0.1, 0.15) is 63.2 Å². The Labute approximate surface area is 192 Å². The van der Waals surface area contributed by atoms with Gasteiger partial charge in [0.05, 0.1) is 23.3 Å². The molecule has 0 aliphatic carbocycles. The molecule has 178 valence electrons. The van der Waals surface area contributed by atoms with Gasteiger partial charge in [0.2, 0.25) is 0 Å². The van der Waals surface area contributed by atoms with Crippen molar-refractivity contribution in [1.29, 1.82) is 0 Å². The quantitative estimate of drug-likeness (QED) is 0.402. The number of aryl methyl sites for hydroxylation is 1. The molecule has 1 atom stereocenters. The standard InChI is InChI=1S/C24H30F3N4OP/c1-13(2)33(32,14(3)4)22-11-19-21(12-28-22)30-17(7)31-23(19)29-16(6)18-9-8-10-20(15(18)5)24(25,26)27/h8-14,16H,1-7H3,(H,29,30,31). The van der Waals surface area contributed by atoms with Crippen LogP contribution in [0.5, 0.6) is 0 Å². The van der Waals surface area contributed by atoms with E-state index in [4.69, 9.17) is 0 Å². The third-order valence-electron chi connectivity index (χ3n) is 6.07. The van der Waals surface area contributed by atoms with Crippen molar-refractivity contribution in [2.75, 3.05) is 5.32 Å². The number of aromatic nitrogens is 3. The van der Waals surface area contributed by atoms with Crippen molar-refractivity contribution < 1.29 is 17.7 Å². The molecule has 1 N–H and O–H groups in total. The number of rotatable bonds is 6. The molecule has 9 heteroatoms. The Bertz CT molecular complexity index is 1210. The second kappa shape index (κ2) is 9.05. The largest absolute Gasteiger partial charge is 0.416 e. The first-order valence-electron chi connectivity index (χ1n) is 10.9. The predicted molar refractivity (Wildman–Crippen MR) is 128 cm³/mol. The number of halogens is 3. The molecular weight excluding hydrogens is 448 g/mol. The van der Waals surface area contributed by atoms with E-state index in [1.165, 1.54) is 13.0 Å². The summed E-state index contributed by atoms with van der Waals surface area (Å²) in [7, 11) is -2.80. The number of hydrogen-bond donors (Lipinski definition) is 1. The van der Waals surface area contributed by atoms with Crippen LogP contribution in [0.2, 0.25) is 0 Å². The summed E-state index contributed by atoms with van der Waals surface area (Å²) in [5, 5.41) is 3.90. The number of hydrogen-bond acceptors (Lipinski definition) is 5. The molecule has 1 aromatic carbocycles. The van der Waals surface area contributed by atoms with Gasteiger partial charge in [0.1, 0.15) is 24.2 Å². The zero-order chi connectivity index (χ0) is 24.7. The fraction of sp³-hybridized carbons (Fsp3) is 0.458. The molecule has 0 saturated heterocycles. The van der Waals surface area contributed by atoms with Gasteiger partial charge in [-0.05, 0) is 44.0 Å². The normalized spacial score (nSPS) is 13.7. The molecule has 0 bridgehead atoms. The van der Waals surface area contributed by atoms with E-state index in [1.54, 1.807) is 32.2 Å². The van der Waals surface area contributed by atoms with Crippen molar-refractivity contribution in [1.82, 2.24) is 15.0 Å². The van der Waals surface area contributed by atoms with Crippen LogP contribution >= 0.6 is 7.14 Å². The molecular formula is C24H30F3N4OP. The summed E-state index contributed by atoms with van der Waals surface area (Å²) in [6.45, 7) is 12.7. The summed E-state index contributed by atoms with van der Waals surface area (Å²) < 4.78 is 54.0. The number of nitrogens with zero attached hydrogens (tertiary/aromatic N) is 3. The maximum Gasteiger partial charge on any atom is 0.416 e. The SMILES string of the molecule is Cc1nc(NC(C)c2cccc(C(F)(F)F)c2C)c2cc(P(=O)(C(C)C)C(C)C)ncc2n1. The molecule has 3 aromatic rings. The topological polar surface area (TPSA) is 67.8 Å². The lowest BCUT2D eigenvalue weighted by molar-refractivity contribution is -0.138. The van der Waals surface area contributed by atoms with Gasteiger partial charge in [0, 0.05) is 16.7 Å². The van der Waals surface area contributed by atoms with E-state index in [2.05, 4.69) is 20.3 Å². The molecule has 5 nitrogen and oxygen atoms in total. The zero-order valence-electron chi connectivity index (χ0n) is 19.9. The Balaban J connectivity index is 2.11. The highest BCUT2D eigenvalue weighted by atomic mass is 31.2. The Morgan fingerprint density at radius 2 is 1.64 bits per heavy atom. The molecule has 0 amide bonds. The van der Waals surface area contributed by atoms with E-state index in [1.807, 2.05) is 27.7 Å². The van der Waals surface area contributed by atoms with Crippen LogP contribution in [-0.2, 0) is 10.7 Å². The highest BCUT2D eigenvalue weighted by molar-refractivity contribution is 7.72. The molecule has 0 aliphatic rings. The monoisotopic (exact) mass is 478 g/mol. The number of benzene rings is 1. The average molecular weight is 478 g/mol. The fourth-order valence-corrected chi connectivity index (χ4v) is 7.10. The van der Waals surface area contributed by atoms with Gasteiger partial charge in [-0.3, -0.25) is 4.98 Å². The molecule has 0 fully saturated rings. The van der Waals surface area contributed by atoms with Crippen molar-refractivity contribution in [2.24, 2.45) is 0 Å². The summed E-state index contributed by atoms with van der Waals surface area (Å²) in [5.41, 5.74) is 0.969. The van der Waals surface area contributed by atoms with Gasteiger partial charge in [-0.2, -0.15) is 13.2 Å². The molecule has 2 aromatic heterocycles. The van der Waals surface area contributed by atoms with Crippen molar-refractivity contribution >= 4 is 29.3 Å². The summed E-state index contributed by atoms with van der Waals surface area (Å²) in [6.07, 6.45) is -2.82. The first kappa shape index (κ1) is 25.2. The maximum absolute atomic E-state index is 13.8. The summed E-state index contributed by atoms with van der Waals surface area (Å²) >= 11 is 0. The van der Waals surface area contributed by atoms with Crippen molar-refractivity contribution in [3.8, 4) is 0 Å². The van der Waals surface area contributed by atoms with Gasteiger partial charge >= 0.3 is 6.18 Å². The molecule has 1 unspecified atom stereocenters. The predicted octanol–water partition coefficient (Wildman–Crippen LogP) is 6.64. The lowest BCUT2D eigenvalue weighted by Crippen LogP contribution is -2.22. The second-order valence-electron chi connectivity index (χ2n) is 8.96. The van der Waals surface area contributed by atoms with Crippen LogP contribution < -0.4 is 10.8 Å². The van der Waals surface area contributed by atoms with Crippen molar-refractivity contribution in [3.63, 3.8) is 0 Å². The summed E-state index contributed by atoms with van der Waals surface area (Å²) in [4.78, 5) is 13.4. The molecule has 33 heavy (non-hydrogen) atoms. The number of alkyl halides is 3. The molecule has 2 heterocycles. The summed E-state index contributed by atoms with van der Waals surface area (Å²) in [5.74, 6) is 0.980. The Kier molecular flexibility index (Phi) is 6.90. The van der Waals surface area contributed by atoms with Crippen LogP contribution in [0.15, 0.2) is 30.5 Å². The van der Waals surface area contributed by atoms with Gasteiger partial charge in [0.15, 0.2) is 0 Å². The van der Waals surface area contributed by atoms with Crippen LogP contribution in [-0.4, -0.2) is 26.3 Å². The van der Waals surface area contributed by atoms with Crippen LogP contribution in [0, 0.1) is 13.8 Å². The van der Waals surface area contributed by atoms with Crippen LogP contribution in [0.3, 0.4) is 0 Å². The Morgan fingerprint density at radius 3 is 2.21 bits per heavy atom. The summed E-state index contributed by atoms with van der Waals surface area (Å²) in [6, 6.07) is 5.49. The van der Waals surface area contributed by atoms with Crippen LogP contribution in [0.25, 0.3) is 10.9 Å². The van der Waals surface area contributed by atoms with E-state index < -0.39 is 24.9 Å². The lowest BCUT2D eigenvalue weighted by Gasteiger charge is -2.26. The smallest absolute Gasteiger partial charge is 0.363 e. The first-order valence-corrected chi connectivity index (χ1v) is 12.8. The van der Waals surface area contributed by atoms with Gasteiger partial charge in [-0.1, -0.05) is 39.8 Å². The number of pyridine rings is 1. The maximum atomic E-state index is 13.8. The van der Waals surface area contributed by atoms with Crippen molar-refractivity contribution in [2.45, 2.75) is 72.0 Å². The Morgan fingerprint density at radius 1 is 1.00 bits per heavy atom. The van der Waals surface area contributed by atoms with Gasteiger partial charge < -0.3 is 9.88 Å². The van der Waals surface area contributed by atoms with Gasteiger partial charge in [-0.15, -0.1) is 0 Å². The lowest BCUT2D eigenvalue weighted by atomic mass is 9.97. The molecule has 0 saturated carbocycles. The highest BCUT2D eigenvalue weighted by Crippen LogP contribution is 2.53. The van der Waals surface area contributed by atoms with E-state index in [0.717, 1.165) is 6.07 Å². The number of nitrogens with one attached hydrogen (secondary N) is 1. The highest BCUT2D eigenvalue weighted by Gasteiger charge is 2.35. The van der Waals surface area contributed by atoms with Gasteiger partial charge in [-0.25, -0.2) is 9.97 Å².